The highest BCUT2D eigenvalue weighted by Gasteiger charge is 2.35. The molecule has 1 heterocycles. The van der Waals surface area contributed by atoms with Gasteiger partial charge >= 0.3 is 18.0 Å². The molecule has 1 aromatic carbocycles. The van der Waals surface area contributed by atoms with E-state index in [-0.39, 0.29) is 18.8 Å². The Balaban J connectivity index is 2.44. The molecule has 0 fully saturated rings. The Hall–Kier alpha value is -2.55. The Morgan fingerprint density at radius 2 is 1.93 bits per heavy atom. The van der Waals surface area contributed by atoms with Gasteiger partial charge in [0.05, 0.1) is 18.2 Å². The van der Waals surface area contributed by atoms with E-state index >= 15 is 0 Å². The number of ether oxygens (including phenoxy) is 3. The van der Waals surface area contributed by atoms with Crippen LogP contribution in [-0.2, 0) is 19.1 Å². The van der Waals surface area contributed by atoms with Gasteiger partial charge in [-0.1, -0.05) is 15.9 Å². The Bertz CT molecular complexity index is 844. The Morgan fingerprint density at radius 3 is 2.55 bits per heavy atom. The molecule has 0 saturated carbocycles. The topological polar surface area (TPSA) is 103 Å². The van der Waals surface area contributed by atoms with Crippen molar-refractivity contribution in [3.63, 3.8) is 0 Å². The lowest BCUT2D eigenvalue weighted by Crippen LogP contribution is -2.46. The van der Waals surface area contributed by atoms with Crippen molar-refractivity contribution in [3.8, 4) is 5.75 Å². The number of hydrogen-bond acceptors (Lipinski definition) is 6. The van der Waals surface area contributed by atoms with E-state index in [9.17, 15) is 14.4 Å². The van der Waals surface area contributed by atoms with Crippen LogP contribution in [0.4, 0.5) is 4.79 Å². The van der Waals surface area contributed by atoms with Crippen LogP contribution in [0.2, 0.25) is 0 Å². The molecule has 1 aromatic rings. The second-order valence-electron chi connectivity index (χ2n) is 7.35. The number of nitrogens with one attached hydrogen (secondary N) is 2. The number of carbonyl (C=O) groups is 3. The van der Waals surface area contributed by atoms with Crippen molar-refractivity contribution in [2.45, 2.75) is 46.3 Å². The third-order valence-corrected chi connectivity index (χ3v) is 4.31. The molecule has 0 radical (unpaired) electrons. The van der Waals surface area contributed by atoms with Gasteiger partial charge in [-0.2, -0.15) is 0 Å². The Morgan fingerprint density at radius 1 is 1.24 bits per heavy atom. The highest BCUT2D eigenvalue weighted by molar-refractivity contribution is 9.10. The van der Waals surface area contributed by atoms with E-state index in [0.717, 1.165) is 0 Å². The molecular weight excluding hydrogens is 444 g/mol. The summed E-state index contributed by atoms with van der Waals surface area (Å²) in [5.41, 5.74) is 0.415. The Kier molecular flexibility index (Phi) is 7.29. The number of urea groups is 1. The molecule has 2 rings (SSSR count). The quantitative estimate of drug-likeness (QED) is 0.620. The molecule has 0 unspecified atom stereocenters. The standard InChI is InChI=1S/C20H25BrN2O6/c1-6-27-15(24)10-28-14-8-7-12(21)9-13(14)17-16(11(2)22-19(26)23-17)18(25)29-20(3,4)5/h7-9,17H,6,10H2,1-5H3,(H2,22,23,26)/t17-/m1/s1. The molecule has 8 nitrogen and oxygen atoms in total. The first-order valence-electron chi connectivity index (χ1n) is 9.11. The summed E-state index contributed by atoms with van der Waals surface area (Å²) in [5, 5.41) is 5.33. The molecule has 1 aliphatic heterocycles. The van der Waals surface area contributed by atoms with E-state index in [4.69, 9.17) is 14.2 Å². The molecule has 158 valence electrons. The minimum atomic E-state index is -0.826. The van der Waals surface area contributed by atoms with Gasteiger partial charge in [-0.05, 0) is 52.8 Å². The van der Waals surface area contributed by atoms with Crippen molar-refractivity contribution in [1.29, 1.82) is 0 Å². The summed E-state index contributed by atoms with van der Waals surface area (Å²) in [7, 11) is 0. The lowest BCUT2D eigenvalue weighted by Gasteiger charge is -2.31. The predicted octanol–water partition coefficient (Wildman–Crippen LogP) is 3.36. The number of esters is 2. The Labute approximate surface area is 178 Å². The summed E-state index contributed by atoms with van der Waals surface area (Å²) in [5.74, 6) is -0.749. The van der Waals surface area contributed by atoms with Crippen LogP contribution in [-0.4, -0.2) is 36.8 Å². The number of benzene rings is 1. The van der Waals surface area contributed by atoms with Gasteiger partial charge in [0.1, 0.15) is 11.4 Å². The molecule has 9 heteroatoms. The van der Waals surface area contributed by atoms with Crippen LogP contribution in [0.5, 0.6) is 5.75 Å². The summed E-state index contributed by atoms with van der Waals surface area (Å²) in [4.78, 5) is 36.7. The number of carbonyl (C=O) groups excluding carboxylic acids is 3. The molecule has 29 heavy (non-hydrogen) atoms. The number of hydrogen-bond donors (Lipinski definition) is 2. The van der Waals surface area contributed by atoms with Crippen molar-refractivity contribution >= 4 is 33.9 Å². The summed E-state index contributed by atoms with van der Waals surface area (Å²) in [6.45, 7) is 8.56. The molecule has 0 aromatic heterocycles. The highest BCUT2D eigenvalue weighted by Crippen LogP contribution is 2.36. The van der Waals surface area contributed by atoms with Crippen LogP contribution in [0, 0.1) is 0 Å². The smallest absolute Gasteiger partial charge is 0.344 e. The van der Waals surface area contributed by atoms with Crippen LogP contribution in [0.3, 0.4) is 0 Å². The second-order valence-corrected chi connectivity index (χ2v) is 8.26. The van der Waals surface area contributed by atoms with E-state index in [0.29, 0.717) is 21.5 Å². The molecule has 0 aliphatic carbocycles. The summed E-state index contributed by atoms with van der Waals surface area (Å²) >= 11 is 3.40. The average Bonchev–Trinajstić information content (AvgIpc) is 2.58. The maximum absolute atomic E-state index is 12.9. The monoisotopic (exact) mass is 468 g/mol. The number of rotatable bonds is 6. The molecule has 2 amide bonds. The first-order chi connectivity index (χ1) is 13.5. The maximum Gasteiger partial charge on any atom is 0.344 e. The first kappa shape index (κ1) is 22.7. The first-order valence-corrected chi connectivity index (χ1v) is 9.90. The maximum atomic E-state index is 12.9. The lowest BCUT2D eigenvalue weighted by molar-refractivity contribution is -0.150. The van der Waals surface area contributed by atoms with E-state index in [1.54, 1.807) is 52.8 Å². The van der Waals surface area contributed by atoms with E-state index < -0.39 is 29.6 Å². The van der Waals surface area contributed by atoms with Gasteiger partial charge in [0.15, 0.2) is 6.61 Å². The summed E-state index contributed by atoms with van der Waals surface area (Å²) in [6.07, 6.45) is 0. The zero-order chi connectivity index (χ0) is 21.8. The molecule has 1 atom stereocenters. The van der Waals surface area contributed by atoms with Crippen molar-refractivity contribution in [3.05, 3.63) is 39.5 Å². The number of allylic oxidation sites excluding steroid dienone is 1. The zero-order valence-electron chi connectivity index (χ0n) is 17.1. The largest absolute Gasteiger partial charge is 0.482 e. The van der Waals surface area contributed by atoms with Gasteiger partial charge in [0.25, 0.3) is 0 Å². The van der Waals surface area contributed by atoms with Gasteiger partial charge in [0.2, 0.25) is 0 Å². The fraction of sp³-hybridized carbons (Fsp3) is 0.450. The van der Waals surface area contributed by atoms with Crippen molar-refractivity contribution in [2.75, 3.05) is 13.2 Å². The van der Waals surface area contributed by atoms with Crippen molar-refractivity contribution in [1.82, 2.24) is 10.6 Å². The third-order valence-electron chi connectivity index (χ3n) is 3.82. The fourth-order valence-electron chi connectivity index (χ4n) is 2.75. The lowest BCUT2D eigenvalue weighted by atomic mass is 9.94. The van der Waals surface area contributed by atoms with Crippen LogP contribution in [0.15, 0.2) is 33.9 Å². The van der Waals surface area contributed by atoms with Gasteiger partial charge < -0.3 is 24.8 Å². The van der Waals surface area contributed by atoms with Crippen LogP contribution in [0.25, 0.3) is 0 Å². The molecular formula is C20H25BrN2O6. The van der Waals surface area contributed by atoms with Gasteiger partial charge in [-0.3, -0.25) is 0 Å². The number of halogens is 1. The third kappa shape index (κ3) is 6.22. The molecule has 0 bridgehead atoms. The van der Waals surface area contributed by atoms with Crippen LogP contribution >= 0.6 is 15.9 Å². The normalized spacial score (nSPS) is 16.6. The van der Waals surface area contributed by atoms with Crippen LogP contribution in [0.1, 0.15) is 46.2 Å². The SMILES string of the molecule is CCOC(=O)COc1ccc(Br)cc1[C@H]1NC(=O)NC(C)=C1C(=O)OC(C)(C)C. The summed E-state index contributed by atoms with van der Waals surface area (Å²) < 4.78 is 16.7. The summed E-state index contributed by atoms with van der Waals surface area (Å²) in [6, 6.07) is 3.81. The van der Waals surface area contributed by atoms with Crippen molar-refractivity contribution < 1.29 is 28.6 Å². The second kappa shape index (κ2) is 9.30. The molecule has 0 saturated heterocycles. The molecule has 0 spiro atoms. The fourth-order valence-corrected chi connectivity index (χ4v) is 3.13. The molecule has 1 aliphatic rings. The van der Waals surface area contributed by atoms with Crippen LogP contribution < -0.4 is 15.4 Å². The molecule has 2 N–H and O–H groups in total. The van der Waals surface area contributed by atoms with Crippen molar-refractivity contribution in [2.24, 2.45) is 0 Å². The minimum absolute atomic E-state index is 0.241. The van der Waals surface area contributed by atoms with Gasteiger partial charge in [0, 0.05) is 15.7 Å². The van der Waals surface area contributed by atoms with E-state index in [1.165, 1.54) is 0 Å². The van der Waals surface area contributed by atoms with E-state index in [1.807, 2.05) is 0 Å². The minimum Gasteiger partial charge on any atom is -0.482 e. The van der Waals surface area contributed by atoms with Gasteiger partial charge in [-0.25, -0.2) is 14.4 Å². The predicted molar refractivity (Wildman–Crippen MR) is 109 cm³/mol. The van der Waals surface area contributed by atoms with Gasteiger partial charge in [-0.15, -0.1) is 0 Å². The number of amides is 2. The van der Waals surface area contributed by atoms with E-state index in [2.05, 4.69) is 26.6 Å². The highest BCUT2D eigenvalue weighted by atomic mass is 79.9. The average molecular weight is 469 g/mol. The zero-order valence-corrected chi connectivity index (χ0v) is 18.6.